The van der Waals surface area contributed by atoms with Crippen LogP contribution in [-0.4, -0.2) is 24.1 Å². The molecule has 0 spiro atoms. The average molecular weight is 416 g/mol. The molecule has 6 heteroatoms. The highest BCUT2D eigenvalue weighted by Crippen LogP contribution is 2.33. The highest BCUT2D eigenvalue weighted by Gasteiger charge is 2.27. The molecule has 2 heterocycles. The van der Waals surface area contributed by atoms with E-state index in [9.17, 15) is 9.59 Å². The van der Waals surface area contributed by atoms with Gasteiger partial charge in [0.15, 0.2) is 0 Å². The molecule has 150 valence electrons. The van der Waals surface area contributed by atoms with Crippen molar-refractivity contribution in [3.05, 3.63) is 76.0 Å². The molecule has 2 aliphatic rings. The number of para-hydroxylation sites is 2. The molecule has 1 N–H and O–H groups in total. The van der Waals surface area contributed by atoms with E-state index in [1.54, 1.807) is 16.2 Å². The van der Waals surface area contributed by atoms with Gasteiger partial charge in [0, 0.05) is 10.6 Å². The maximum absolute atomic E-state index is 13.1. The third kappa shape index (κ3) is 3.66. The highest BCUT2D eigenvalue weighted by atomic mass is 32.1. The number of anilines is 2. The lowest BCUT2D eigenvalue weighted by Gasteiger charge is -2.22. The summed E-state index contributed by atoms with van der Waals surface area (Å²) in [5, 5.41) is 4.93. The van der Waals surface area contributed by atoms with Crippen molar-refractivity contribution < 1.29 is 9.59 Å². The summed E-state index contributed by atoms with van der Waals surface area (Å²) in [5.74, 6) is -0.341. The molecule has 0 atom stereocenters. The van der Waals surface area contributed by atoms with Crippen molar-refractivity contribution in [1.82, 2.24) is 0 Å². The number of benzene rings is 2. The fourth-order valence-corrected chi connectivity index (χ4v) is 4.81. The van der Waals surface area contributed by atoms with Gasteiger partial charge < -0.3 is 10.2 Å². The molecule has 30 heavy (non-hydrogen) atoms. The number of hydrogen-bond donors (Lipinski definition) is 1. The molecule has 3 aromatic rings. The smallest absolute Gasteiger partial charge is 0.244 e. The van der Waals surface area contributed by atoms with Crippen LogP contribution in [0.25, 0.3) is 0 Å². The molecule has 0 unspecified atom stereocenters. The summed E-state index contributed by atoms with van der Waals surface area (Å²) in [4.78, 5) is 33.2. The predicted molar refractivity (Wildman–Crippen MR) is 121 cm³/mol. The lowest BCUT2D eigenvalue weighted by molar-refractivity contribution is -0.120. The number of hydrogen-bond acceptors (Lipinski definition) is 4. The van der Waals surface area contributed by atoms with Crippen LogP contribution in [0.5, 0.6) is 0 Å². The number of nitrogens with zero attached hydrogens (tertiary/aromatic N) is 2. The Hall–Kier alpha value is -3.25. The summed E-state index contributed by atoms with van der Waals surface area (Å²) in [5.41, 5.74) is 5.56. The summed E-state index contributed by atoms with van der Waals surface area (Å²) in [6, 6.07) is 17.5. The van der Waals surface area contributed by atoms with E-state index in [2.05, 4.69) is 17.4 Å². The zero-order valence-electron chi connectivity index (χ0n) is 16.4. The van der Waals surface area contributed by atoms with Gasteiger partial charge in [0.05, 0.1) is 23.5 Å². The minimum absolute atomic E-state index is 0.0415. The standard InChI is InChI=1S/C24H21N3O2S/c28-23(25-18-11-10-16-5-3-6-17(16)13-18)15-27-21-8-2-1-7-19(21)26-20(14-24(27)29)22-9-4-12-30-22/h1-2,4,7-13H,3,5-6,14-15H2,(H,25,28). The van der Waals surface area contributed by atoms with Crippen molar-refractivity contribution in [3.63, 3.8) is 0 Å². The normalized spacial score (nSPS) is 15.3. The predicted octanol–water partition coefficient (Wildman–Crippen LogP) is 4.73. The summed E-state index contributed by atoms with van der Waals surface area (Å²) >= 11 is 1.56. The van der Waals surface area contributed by atoms with Gasteiger partial charge in [-0.15, -0.1) is 11.3 Å². The minimum atomic E-state index is -0.212. The molecule has 0 fully saturated rings. The van der Waals surface area contributed by atoms with Gasteiger partial charge in [-0.05, 0) is 66.1 Å². The zero-order valence-corrected chi connectivity index (χ0v) is 17.2. The van der Waals surface area contributed by atoms with Crippen LogP contribution in [0, 0.1) is 0 Å². The summed E-state index contributed by atoms with van der Waals surface area (Å²) in [6.45, 7) is -0.0415. The average Bonchev–Trinajstić information content (AvgIpc) is 3.41. The second-order valence-corrected chi connectivity index (χ2v) is 8.51. The van der Waals surface area contributed by atoms with Crippen LogP contribution in [0.4, 0.5) is 17.1 Å². The minimum Gasteiger partial charge on any atom is -0.325 e. The van der Waals surface area contributed by atoms with E-state index in [-0.39, 0.29) is 24.8 Å². The number of aliphatic imine (C=N–C) groups is 1. The van der Waals surface area contributed by atoms with Crippen LogP contribution in [0.2, 0.25) is 0 Å². The van der Waals surface area contributed by atoms with Crippen LogP contribution in [0.15, 0.2) is 65.0 Å². The zero-order chi connectivity index (χ0) is 20.5. The molecular weight excluding hydrogens is 394 g/mol. The largest absolute Gasteiger partial charge is 0.325 e. The quantitative estimate of drug-likeness (QED) is 0.669. The Morgan fingerprint density at radius 2 is 1.93 bits per heavy atom. The number of rotatable bonds is 4. The van der Waals surface area contributed by atoms with Gasteiger partial charge in [0.1, 0.15) is 6.54 Å². The van der Waals surface area contributed by atoms with Crippen LogP contribution in [0.1, 0.15) is 28.8 Å². The monoisotopic (exact) mass is 415 g/mol. The van der Waals surface area contributed by atoms with E-state index in [0.717, 1.165) is 29.1 Å². The number of carbonyl (C=O) groups excluding carboxylic acids is 2. The fraction of sp³-hybridized carbons (Fsp3) is 0.208. The van der Waals surface area contributed by atoms with Gasteiger partial charge in [0.25, 0.3) is 0 Å². The van der Waals surface area contributed by atoms with E-state index < -0.39 is 0 Å². The van der Waals surface area contributed by atoms with Gasteiger partial charge >= 0.3 is 0 Å². The Balaban J connectivity index is 1.38. The van der Waals surface area contributed by atoms with Gasteiger partial charge in [0.2, 0.25) is 11.8 Å². The molecule has 0 radical (unpaired) electrons. The van der Waals surface area contributed by atoms with Crippen molar-refractivity contribution in [2.24, 2.45) is 4.99 Å². The van der Waals surface area contributed by atoms with Crippen molar-refractivity contribution in [3.8, 4) is 0 Å². The Bertz CT molecular complexity index is 1150. The lowest BCUT2D eigenvalue weighted by Crippen LogP contribution is -2.38. The molecule has 5 rings (SSSR count). The highest BCUT2D eigenvalue weighted by molar-refractivity contribution is 7.12. The first kappa shape index (κ1) is 18.8. The Morgan fingerprint density at radius 1 is 1.07 bits per heavy atom. The summed E-state index contributed by atoms with van der Waals surface area (Å²) < 4.78 is 0. The number of carbonyl (C=O) groups is 2. The van der Waals surface area contributed by atoms with E-state index >= 15 is 0 Å². The molecule has 1 aromatic heterocycles. The number of thiophene rings is 1. The first-order valence-corrected chi connectivity index (χ1v) is 11.0. The molecule has 5 nitrogen and oxygen atoms in total. The van der Waals surface area contributed by atoms with Gasteiger partial charge in [-0.2, -0.15) is 0 Å². The van der Waals surface area contributed by atoms with E-state index in [1.165, 1.54) is 17.5 Å². The number of nitrogens with one attached hydrogen (secondary N) is 1. The third-order valence-corrected chi connectivity index (χ3v) is 6.46. The van der Waals surface area contributed by atoms with Crippen LogP contribution < -0.4 is 10.2 Å². The van der Waals surface area contributed by atoms with Crippen LogP contribution >= 0.6 is 11.3 Å². The molecular formula is C24H21N3O2S. The molecule has 2 amide bonds. The second-order valence-electron chi connectivity index (χ2n) is 7.57. The third-order valence-electron chi connectivity index (χ3n) is 5.54. The van der Waals surface area contributed by atoms with Gasteiger partial charge in [-0.3, -0.25) is 9.59 Å². The second kappa shape index (κ2) is 7.88. The van der Waals surface area contributed by atoms with E-state index in [0.29, 0.717) is 11.4 Å². The van der Waals surface area contributed by atoms with Crippen molar-refractivity contribution in [2.75, 3.05) is 16.8 Å². The van der Waals surface area contributed by atoms with E-state index in [1.807, 2.05) is 47.8 Å². The summed E-state index contributed by atoms with van der Waals surface area (Å²) in [6.07, 6.45) is 3.49. The molecule has 1 aliphatic heterocycles. The molecule has 0 bridgehead atoms. The van der Waals surface area contributed by atoms with Crippen LogP contribution in [-0.2, 0) is 22.4 Å². The van der Waals surface area contributed by atoms with Gasteiger partial charge in [-0.1, -0.05) is 24.3 Å². The Labute approximate surface area is 179 Å². The first-order valence-electron chi connectivity index (χ1n) is 10.1. The lowest BCUT2D eigenvalue weighted by atomic mass is 10.1. The summed E-state index contributed by atoms with van der Waals surface area (Å²) in [7, 11) is 0. The van der Waals surface area contributed by atoms with Crippen LogP contribution in [0.3, 0.4) is 0 Å². The van der Waals surface area contributed by atoms with Crippen molar-refractivity contribution in [1.29, 1.82) is 0 Å². The van der Waals surface area contributed by atoms with Crippen molar-refractivity contribution in [2.45, 2.75) is 25.7 Å². The van der Waals surface area contributed by atoms with Gasteiger partial charge in [-0.25, -0.2) is 4.99 Å². The molecule has 1 aliphatic carbocycles. The topological polar surface area (TPSA) is 61.8 Å². The van der Waals surface area contributed by atoms with Crippen molar-refractivity contribution >= 4 is 45.9 Å². The number of aryl methyl sites for hydroxylation is 2. The number of fused-ring (bicyclic) bond motifs is 2. The maximum Gasteiger partial charge on any atom is 0.244 e. The van der Waals surface area contributed by atoms with E-state index in [4.69, 9.17) is 4.99 Å². The number of amides is 2. The maximum atomic E-state index is 13.1. The molecule has 0 saturated carbocycles. The SMILES string of the molecule is O=C(CN1C(=O)CC(c2cccs2)=Nc2ccccc21)Nc1ccc2c(c1)CCC2. The first-order chi connectivity index (χ1) is 14.7. The molecule has 2 aromatic carbocycles. The fourth-order valence-electron chi connectivity index (χ4n) is 4.10. The molecule has 0 saturated heterocycles. The Kier molecular flexibility index (Phi) is 4.93. The Morgan fingerprint density at radius 3 is 2.80 bits per heavy atom.